The molecule has 0 heterocycles. The minimum Gasteiger partial charge on any atom is -0.467 e. The molecule has 1 N–H and O–H groups in total. The lowest BCUT2D eigenvalue weighted by Crippen LogP contribution is -2.40. The van der Waals surface area contributed by atoms with E-state index >= 15 is 0 Å². The minimum atomic E-state index is -0.925. The zero-order valence-corrected chi connectivity index (χ0v) is 14.1. The molecule has 123 valence electrons. The predicted octanol–water partition coefficient (Wildman–Crippen LogP) is 1.94. The van der Waals surface area contributed by atoms with Crippen LogP contribution in [0.3, 0.4) is 0 Å². The maximum absolute atomic E-state index is 11.6. The number of hydrogen-bond acceptors (Lipinski definition) is 5. The summed E-state index contributed by atoms with van der Waals surface area (Å²) in [5.74, 6) is -0.360. The van der Waals surface area contributed by atoms with Gasteiger partial charge in [-0.2, -0.15) is 0 Å². The Labute approximate surface area is 133 Å². The Bertz CT molecular complexity index is 471. The number of carbonyl (C=O) groups excluding carboxylic acids is 1. The standard InChI is InChI=1S/C16H26BO5/c1-14(2,13(18)20-5)21-12-8-6-11(7-9-12)17-22-16(4)10-15(16,3)19/h6,12,19H,7-10H2,1-5H3. The van der Waals surface area contributed by atoms with Crippen molar-refractivity contribution in [1.82, 2.24) is 0 Å². The number of carbonyl (C=O) groups is 1. The van der Waals surface area contributed by atoms with Gasteiger partial charge in [0.1, 0.15) is 0 Å². The van der Waals surface area contributed by atoms with E-state index in [9.17, 15) is 9.90 Å². The van der Waals surface area contributed by atoms with Gasteiger partial charge in [0.05, 0.1) is 24.4 Å². The molecular weight excluding hydrogens is 283 g/mol. The Kier molecular flexibility index (Phi) is 4.76. The molecule has 0 aromatic heterocycles. The number of esters is 1. The summed E-state index contributed by atoms with van der Waals surface area (Å²) in [6.45, 7) is 7.15. The molecule has 0 aromatic rings. The van der Waals surface area contributed by atoms with Gasteiger partial charge < -0.3 is 19.2 Å². The smallest absolute Gasteiger partial charge is 0.337 e. The molecule has 2 rings (SSSR count). The quantitative estimate of drug-likeness (QED) is 0.600. The molecule has 3 unspecified atom stereocenters. The molecule has 2 aliphatic carbocycles. The number of ether oxygens (including phenoxy) is 2. The molecule has 2 aliphatic rings. The van der Waals surface area contributed by atoms with Crippen LogP contribution >= 0.6 is 0 Å². The zero-order chi connectivity index (χ0) is 16.6. The molecule has 22 heavy (non-hydrogen) atoms. The average Bonchev–Trinajstić information content (AvgIpc) is 2.95. The van der Waals surface area contributed by atoms with Gasteiger partial charge in [-0.15, -0.1) is 0 Å². The number of allylic oxidation sites excluding steroid dienone is 1. The van der Waals surface area contributed by atoms with E-state index in [4.69, 9.17) is 14.1 Å². The second kappa shape index (κ2) is 5.98. The van der Waals surface area contributed by atoms with Crippen LogP contribution in [0.4, 0.5) is 0 Å². The van der Waals surface area contributed by atoms with Crippen LogP contribution in [0.25, 0.3) is 0 Å². The summed E-state index contributed by atoms with van der Waals surface area (Å²) < 4.78 is 16.3. The van der Waals surface area contributed by atoms with Crippen LogP contribution in [0, 0.1) is 0 Å². The fraction of sp³-hybridized carbons (Fsp3) is 0.812. The largest absolute Gasteiger partial charge is 0.467 e. The molecule has 0 saturated heterocycles. The van der Waals surface area contributed by atoms with Gasteiger partial charge in [-0.25, -0.2) is 4.79 Å². The summed E-state index contributed by atoms with van der Waals surface area (Å²) in [5.41, 5.74) is -1.01. The van der Waals surface area contributed by atoms with Gasteiger partial charge in [0.25, 0.3) is 0 Å². The maximum atomic E-state index is 11.6. The van der Waals surface area contributed by atoms with Crippen LogP contribution in [0.5, 0.6) is 0 Å². The van der Waals surface area contributed by atoms with E-state index in [1.54, 1.807) is 28.3 Å². The third kappa shape index (κ3) is 3.73. The fourth-order valence-electron chi connectivity index (χ4n) is 2.74. The first kappa shape index (κ1) is 17.5. The first-order valence-corrected chi connectivity index (χ1v) is 7.78. The van der Waals surface area contributed by atoms with Crippen molar-refractivity contribution < 1.29 is 24.0 Å². The number of aliphatic hydroxyl groups is 1. The Morgan fingerprint density at radius 1 is 1.45 bits per heavy atom. The Hall–Kier alpha value is -0.845. The number of rotatable bonds is 6. The van der Waals surface area contributed by atoms with Gasteiger partial charge in [-0.3, -0.25) is 0 Å². The van der Waals surface area contributed by atoms with Crippen molar-refractivity contribution in [2.75, 3.05) is 7.11 Å². The van der Waals surface area contributed by atoms with Crippen LogP contribution in [-0.4, -0.2) is 48.6 Å². The highest BCUT2D eigenvalue weighted by atomic mass is 16.6. The average molecular weight is 309 g/mol. The first-order chi connectivity index (χ1) is 10.1. The highest BCUT2D eigenvalue weighted by Gasteiger charge is 2.61. The van der Waals surface area contributed by atoms with E-state index in [0.29, 0.717) is 6.42 Å². The van der Waals surface area contributed by atoms with Crippen molar-refractivity contribution in [3.05, 3.63) is 11.5 Å². The topological polar surface area (TPSA) is 65.0 Å². The number of methoxy groups -OCH3 is 1. The maximum Gasteiger partial charge on any atom is 0.337 e. The Balaban J connectivity index is 1.79. The van der Waals surface area contributed by atoms with Crippen molar-refractivity contribution >= 4 is 13.5 Å². The van der Waals surface area contributed by atoms with Crippen LogP contribution < -0.4 is 0 Å². The van der Waals surface area contributed by atoms with Crippen molar-refractivity contribution in [3.63, 3.8) is 0 Å². The second-order valence-electron chi connectivity index (χ2n) is 7.21. The Morgan fingerprint density at radius 3 is 2.55 bits per heavy atom. The molecule has 1 fully saturated rings. The van der Waals surface area contributed by atoms with E-state index in [-0.39, 0.29) is 12.1 Å². The van der Waals surface area contributed by atoms with Gasteiger partial charge in [0.2, 0.25) is 0 Å². The summed E-state index contributed by atoms with van der Waals surface area (Å²) in [7, 11) is 3.12. The second-order valence-corrected chi connectivity index (χ2v) is 7.21. The summed E-state index contributed by atoms with van der Waals surface area (Å²) in [5, 5.41) is 9.90. The Morgan fingerprint density at radius 2 is 2.09 bits per heavy atom. The van der Waals surface area contributed by atoms with Crippen molar-refractivity contribution in [2.24, 2.45) is 0 Å². The van der Waals surface area contributed by atoms with Gasteiger partial charge in [0, 0.05) is 6.42 Å². The first-order valence-electron chi connectivity index (χ1n) is 7.78. The third-order valence-electron chi connectivity index (χ3n) is 4.70. The minimum absolute atomic E-state index is 0.00543. The lowest BCUT2D eigenvalue weighted by atomic mass is 9.78. The monoisotopic (exact) mass is 309 g/mol. The van der Waals surface area contributed by atoms with Gasteiger partial charge in [0.15, 0.2) is 5.60 Å². The normalized spacial score (nSPS) is 34.8. The molecule has 6 heteroatoms. The van der Waals surface area contributed by atoms with Crippen LogP contribution in [0.1, 0.15) is 53.4 Å². The lowest BCUT2D eigenvalue weighted by molar-refractivity contribution is -0.172. The predicted molar refractivity (Wildman–Crippen MR) is 83.4 cm³/mol. The molecule has 0 aromatic carbocycles. The highest BCUT2D eigenvalue weighted by molar-refractivity contribution is 6.38. The van der Waals surface area contributed by atoms with Crippen molar-refractivity contribution in [1.29, 1.82) is 0 Å². The summed E-state index contributed by atoms with van der Waals surface area (Å²) in [6.07, 6.45) is 5.14. The molecule has 5 nitrogen and oxygen atoms in total. The van der Waals surface area contributed by atoms with E-state index < -0.39 is 16.8 Å². The van der Waals surface area contributed by atoms with E-state index in [1.807, 2.05) is 6.92 Å². The summed E-state index contributed by atoms with van der Waals surface area (Å²) in [4.78, 5) is 11.6. The molecule has 1 radical (unpaired) electrons. The van der Waals surface area contributed by atoms with Crippen LogP contribution in [0.2, 0.25) is 0 Å². The van der Waals surface area contributed by atoms with E-state index in [1.165, 1.54) is 7.11 Å². The molecule has 0 aliphatic heterocycles. The molecule has 1 saturated carbocycles. The molecule has 0 amide bonds. The molecule has 3 atom stereocenters. The van der Waals surface area contributed by atoms with Gasteiger partial charge in [-0.1, -0.05) is 11.5 Å². The summed E-state index contributed by atoms with van der Waals surface area (Å²) in [6, 6.07) is 0. The lowest BCUT2D eigenvalue weighted by Gasteiger charge is -2.30. The van der Waals surface area contributed by atoms with Crippen molar-refractivity contribution in [2.45, 2.75) is 76.3 Å². The summed E-state index contributed by atoms with van der Waals surface area (Å²) >= 11 is 0. The van der Waals surface area contributed by atoms with E-state index in [0.717, 1.165) is 24.7 Å². The van der Waals surface area contributed by atoms with E-state index in [2.05, 4.69) is 6.08 Å². The molecular formula is C16H26BO5. The van der Waals surface area contributed by atoms with Gasteiger partial charge in [-0.05, 0) is 47.0 Å². The van der Waals surface area contributed by atoms with Crippen molar-refractivity contribution in [3.8, 4) is 0 Å². The van der Waals surface area contributed by atoms with Crippen LogP contribution in [-0.2, 0) is 18.9 Å². The highest BCUT2D eigenvalue weighted by Crippen LogP contribution is 2.50. The molecule has 0 spiro atoms. The SMILES string of the molecule is COC(=O)C(C)(C)OC1CC=C([B]OC2(C)CC2(C)O)CC1. The number of hydrogen-bond donors (Lipinski definition) is 1. The van der Waals surface area contributed by atoms with Gasteiger partial charge >= 0.3 is 13.5 Å². The fourth-order valence-corrected chi connectivity index (χ4v) is 2.74. The zero-order valence-electron chi connectivity index (χ0n) is 14.1. The van der Waals surface area contributed by atoms with Crippen LogP contribution in [0.15, 0.2) is 11.5 Å². The molecule has 0 bridgehead atoms. The third-order valence-corrected chi connectivity index (χ3v) is 4.70.